The molecular weight excluding hydrogens is 353 g/mol. The lowest BCUT2D eigenvalue weighted by Gasteiger charge is -2.25. The molecular formula is C21H21F3N2O. The summed E-state index contributed by atoms with van der Waals surface area (Å²) in [4.78, 5) is 1.68. The van der Waals surface area contributed by atoms with Crippen molar-refractivity contribution in [2.45, 2.75) is 38.9 Å². The molecule has 0 aliphatic carbocycles. The van der Waals surface area contributed by atoms with E-state index in [4.69, 9.17) is 10.00 Å². The van der Waals surface area contributed by atoms with Gasteiger partial charge in [-0.05, 0) is 61.7 Å². The molecule has 1 saturated heterocycles. The second-order valence-electron chi connectivity index (χ2n) is 6.94. The average molecular weight is 374 g/mol. The van der Waals surface area contributed by atoms with Crippen molar-refractivity contribution in [3.05, 3.63) is 53.6 Å². The van der Waals surface area contributed by atoms with Gasteiger partial charge in [0.15, 0.2) is 0 Å². The molecule has 2 unspecified atom stereocenters. The van der Waals surface area contributed by atoms with Crippen LogP contribution in [0.25, 0.3) is 0 Å². The third kappa shape index (κ3) is 4.19. The number of hydrogen-bond acceptors (Lipinski definition) is 3. The van der Waals surface area contributed by atoms with Gasteiger partial charge in [0, 0.05) is 18.3 Å². The summed E-state index contributed by atoms with van der Waals surface area (Å²) in [7, 11) is 0. The zero-order valence-electron chi connectivity index (χ0n) is 15.3. The van der Waals surface area contributed by atoms with Crippen molar-refractivity contribution in [1.82, 2.24) is 0 Å². The molecule has 3 nitrogen and oxygen atoms in total. The Morgan fingerprint density at radius 2 is 1.85 bits per heavy atom. The summed E-state index contributed by atoms with van der Waals surface area (Å²) in [5, 5.41) is 8.96. The predicted molar refractivity (Wildman–Crippen MR) is 98.0 cm³/mol. The molecule has 0 amide bonds. The molecule has 1 aliphatic rings. The molecule has 2 aromatic carbocycles. The van der Waals surface area contributed by atoms with Gasteiger partial charge in [-0.15, -0.1) is 0 Å². The molecule has 1 aliphatic heterocycles. The summed E-state index contributed by atoms with van der Waals surface area (Å²) in [6.45, 7) is 3.87. The number of rotatable bonds is 4. The molecule has 0 N–H and O–H groups in total. The first-order valence-electron chi connectivity index (χ1n) is 8.84. The van der Waals surface area contributed by atoms with Crippen molar-refractivity contribution >= 4 is 5.69 Å². The number of aryl methyl sites for hydroxylation is 1. The SMILES string of the molecule is Cc1cccc(Oc2ccc(N3CC(C(F)(F)F)CC3CC#N)cc2)c1C. The molecule has 0 radical (unpaired) electrons. The van der Waals surface area contributed by atoms with Gasteiger partial charge in [-0.25, -0.2) is 0 Å². The second-order valence-corrected chi connectivity index (χ2v) is 6.94. The van der Waals surface area contributed by atoms with E-state index in [0.717, 1.165) is 16.9 Å². The maximum atomic E-state index is 13.1. The highest BCUT2D eigenvalue weighted by atomic mass is 19.4. The lowest BCUT2D eigenvalue weighted by Crippen LogP contribution is -2.30. The normalized spacial score (nSPS) is 19.8. The van der Waals surface area contributed by atoms with Crippen LogP contribution in [-0.2, 0) is 0 Å². The number of ether oxygens (including phenoxy) is 1. The summed E-state index contributed by atoms with van der Waals surface area (Å²) >= 11 is 0. The van der Waals surface area contributed by atoms with Gasteiger partial charge in [-0.1, -0.05) is 12.1 Å². The quantitative estimate of drug-likeness (QED) is 0.682. The molecule has 1 heterocycles. The van der Waals surface area contributed by atoms with Crippen LogP contribution in [-0.4, -0.2) is 18.8 Å². The minimum absolute atomic E-state index is 0.0439. The first-order valence-corrected chi connectivity index (χ1v) is 8.84. The summed E-state index contributed by atoms with van der Waals surface area (Å²) in [5.74, 6) is -0.0269. The van der Waals surface area contributed by atoms with Crippen LogP contribution in [0.5, 0.6) is 11.5 Å². The number of benzene rings is 2. The van der Waals surface area contributed by atoms with Gasteiger partial charge >= 0.3 is 6.18 Å². The summed E-state index contributed by atoms with van der Waals surface area (Å²) < 4.78 is 45.2. The molecule has 0 spiro atoms. The Morgan fingerprint density at radius 1 is 1.15 bits per heavy atom. The maximum absolute atomic E-state index is 13.1. The second kappa shape index (κ2) is 7.51. The largest absolute Gasteiger partial charge is 0.457 e. The van der Waals surface area contributed by atoms with Crippen LogP contribution in [0.1, 0.15) is 24.0 Å². The number of nitrogens with zero attached hydrogens (tertiary/aromatic N) is 2. The van der Waals surface area contributed by atoms with E-state index in [1.165, 1.54) is 0 Å². The number of anilines is 1. The van der Waals surface area contributed by atoms with Gasteiger partial charge in [0.25, 0.3) is 0 Å². The first-order chi connectivity index (χ1) is 12.8. The van der Waals surface area contributed by atoms with Gasteiger partial charge in [-0.3, -0.25) is 0 Å². The number of alkyl halides is 3. The Balaban J connectivity index is 1.78. The lowest BCUT2D eigenvalue weighted by atomic mass is 10.0. The third-order valence-corrected chi connectivity index (χ3v) is 5.16. The van der Waals surface area contributed by atoms with Crippen molar-refractivity contribution in [2.75, 3.05) is 11.4 Å². The Kier molecular flexibility index (Phi) is 5.31. The average Bonchev–Trinajstić information content (AvgIpc) is 3.04. The topological polar surface area (TPSA) is 36.3 Å². The zero-order valence-corrected chi connectivity index (χ0v) is 15.3. The Morgan fingerprint density at radius 3 is 2.48 bits per heavy atom. The molecule has 0 bridgehead atoms. The highest BCUT2D eigenvalue weighted by Gasteiger charge is 2.47. The van der Waals surface area contributed by atoms with E-state index < -0.39 is 18.1 Å². The van der Waals surface area contributed by atoms with E-state index in [2.05, 4.69) is 0 Å². The van der Waals surface area contributed by atoms with Crippen LogP contribution in [0.3, 0.4) is 0 Å². The van der Waals surface area contributed by atoms with E-state index >= 15 is 0 Å². The minimum Gasteiger partial charge on any atom is -0.457 e. The summed E-state index contributed by atoms with van der Waals surface area (Å²) in [6.07, 6.45) is -4.21. The summed E-state index contributed by atoms with van der Waals surface area (Å²) in [6, 6.07) is 14.4. The molecule has 2 atom stereocenters. The number of hydrogen-bond donors (Lipinski definition) is 0. The molecule has 1 fully saturated rings. The maximum Gasteiger partial charge on any atom is 0.393 e. The monoisotopic (exact) mass is 374 g/mol. The van der Waals surface area contributed by atoms with E-state index in [1.807, 2.05) is 38.1 Å². The van der Waals surface area contributed by atoms with E-state index in [1.54, 1.807) is 29.2 Å². The van der Waals surface area contributed by atoms with Crippen LogP contribution in [0.15, 0.2) is 42.5 Å². The fourth-order valence-corrected chi connectivity index (χ4v) is 3.44. The van der Waals surface area contributed by atoms with Crippen LogP contribution in [0, 0.1) is 31.1 Å². The molecule has 27 heavy (non-hydrogen) atoms. The van der Waals surface area contributed by atoms with Gasteiger partial charge in [0.05, 0.1) is 18.4 Å². The van der Waals surface area contributed by atoms with Gasteiger partial charge in [-0.2, -0.15) is 18.4 Å². The van der Waals surface area contributed by atoms with Crippen LogP contribution >= 0.6 is 0 Å². The van der Waals surface area contributed by atoms with Crippen molar-refractivity contribution in [1.29, 1.82) is 5.26 Å². The van der Waals surface area contributed by atoms with Gasteiger partial charge in [0.1, 0.15) is 11.5 Å². The fraction of sp³-hybridized carbons (Fsp3) is 0.381. The Labute approximate surface area is 157 Å². The lowest BCUT2D eigenvalue weighted by molar-refractivity contribution is -0.168. The van der Waals surface area contributed by atoms with Crippen LogP contribution in [0.4, 0.5) is 18.9 Å². The standard InChI is InChI=1S/C21H21F3N2O/c1-14-4-3-5-20(15(14)2)27-19-8-6-17(7-9-19)26-13-16(21(22,23)24)12-18(26)10-11-25/h3-9,16,18H,10,12-13H2,1-2H3. The Hall–Kier alpha value is -2.68. The number of nitriles is 1. The van der Waals surface area contributed by atoms with Crippen molar-refractivity contribution in [3.63, 3.8) is 0 Å². The fourth-order valence-electron chi connectivity index (χ4n) is 3.44. The van der Waals surface area contributed by atoms with Crippen LogP contribution < -0.4 is 9.64 Å². The van der Waals surface area contributed by atoms with Crippen molar-refractivity contribution in [2.24, 2.45) is 5.92 Å². The highest BCUT2D eigenvalue weighted by Crippen LogP contribution is 2.40. The highest BCUT2D eigenvalue weighted by molar-refractivity contribution is 5.52. The van der Waals surface area contributed by atoms with E-state index in [-0.39, 0.29) is 19.4 Å². The molecule has 0 saturated carbocycles. The first kappa shape index (κ1) is 19.1. The third-order valence-electron chi connectivity index (χ3n) is 5.16. The van der Waals surface area contributed by atoms with E-state index in [0.29, 0.717) is 11.4 Å². The summed E-state index contributed by atoms with van der Waals surface area (Å²) in [5.41, 5.74) is 2.84. The molecule has 0 aromatic heterocycles. The van der Waals surface area contributed by atoms with Crippen LogP contribution in [0.2, 0.25) is 0 Å². The zero-order chi connectivity index (χ0) is 19.6. The van der Waals surface area contributed by atoms with E-state index in [9.17, 15) is 13.2 Å². The van der Waals surface area contributed by atoms with Crippen molar-refractivity contribution in [3.8, 4) is 17.6 Å². The molecule has 3 rings (SSSR count). The van der Waals surface area contributed by atoms with Crippen molar-refractivity contribution < 1.29 is 17.9 Å². The predicted octanol–water partition coefficient (Wildman–Crippen LogP) is 5.77. The molecule has 2 aromatic rings. The van der Waals surface area contributed by atoms with Gasteiger partial charge < -0.3 is 9.64 Å². The Bertz CT molecular complexity index is 840. The molecule has 6 heteroatoms. The van der Waals surface area contributed by atoms with Gasteiger partial charge in [0.2, 0.25) is 0 Å². The number of halogens is 3. The smallest absolute Gasteiger partial charge is 0.393 e. The molecule has 142 valence electrons. The minimum atomic E-state index is -4.24.